The summed E-state index contributed by atoms with van der Waals surface area (Å²) in [5.74, 6) is 1.69. The molecule has 4 rings (SSSR count). The minimum Gasteiger partial charge on any atom is -0.494 e. The molecule has 4 aromatic rings. The number of hydrogen-bond donors (Lipinski definition) is 2. The van der Waals surface area contributed by atoms with Gasteiger partial charge in [0.15, 0.2) is 11.9 Å². The van der Waals surface area contributed by atoms with E-state index in [4.69, 9.17) is 9.47 Å². The number of benzene rings is 3. The number of ether oxygens (including phenoxy) is 2. The molecule has 1 aromatic heterocycles. The molecule has 1 atom stereocenters. The van der Waals surface area contributed by atoms with Gasteiger partial charge in [0.05, 0.1) is 12.1 Å². The molecule has 0 aliphatic heterocycles. The fraction of sp³-hybridized carbons (Fsp3) is 0.167. The Bertz CT molecular complexity index is 1150. The van der Waals surface area contributed by atoms with Crippen LogP contribution in [0, 0.1) is 0 Å². The van der Waals surface area contributed by atoms with E-state index in [2.05, 4.69) is 15.5 Å². The number of rotatable bonds is 7. The molecule has 152 valence electrons. The first kappa shape index (κ1) is 19.5. The molecule has 0 saturated carbocycles. The zero-order valence-electron chi connectivity index (χ0n) is 16.9. The monoisotopic (exact) mass is 401 g/mol. The second kappa shape index (κ2) is 8.69. The van der Waals surface area contributed by atoms with E-state index < -0.39 is 6.10 Å². The first-order valence-corrected chi connectivity index (χ1v) is 9.88. The van der Waals surface area contributed by atoms with Crippen LogP contribution in [0.25, 0.3) is 22.0 Å². The summed E-state index contributed by atoms with van der Waals surface area (Å²) in [5, 5.41) is 10.9. The van der Waals surface area contributed by atoms with E-state index in [0.717, 1.165) is 27.8 Å². The topological polar surface area (TPSA) is 76.2 Å². The highest BCUT2D eigenvalue weighted by molar-refractivity contribution is 6.02. The number of carbonyl (C=O) groups is 1. The highest BCUT2D eigenvalue weighted by Crippen LogP contribution is 2.29. The van der Waals surface area contributed by atoms with Crippen molar-refractivity contribution in [3.8, 4) is 22.6 Å². The van der Waals surface area contributed by atoms with Crippen molar-refractivity contribution >= 4 is 22.6 Å². The van der Waals surface area contributed by atoms with Crippen LogP contribution in [0.5, 0.6) is 11.5 Å². The Morgan fingerprint density at radius 1 is 1.00 bits per heavy atom. The van der Waals surface area contributed by atoms with Gasteiger partial charge in [-0.05, 0) is 61.4 Å². The minimum atomic E-state index is -0.653. The van der Waals surface area contributed by atoms with Crippen LogP contribution in [-0.2, 0) is 4.79 Å². The largest absolute Gasteiger partial charge is 0.494 e. The van der Waals surface area contributed by atoms with E-state index in [0.29, 0.717) is 18.2 Å². The fourth-order valence-electron chi connectivity index (χ4n) is 3.20. The van der Waals surface area contributed by atoms with Gasteiger partial charge in [-0.1, -0.05) is 36.4 Å². The third-order valence-corrected chi connectivity index (χ3v) is 4.71. The molecule has 2 N–H and O–H groups in total. The van der Waals surface area contributed by atoms with Gasteiger partial charge in [0, 0.05) is 5.39 Å². The average molecular weight is 401 g/mol. The van der Waals surface area contributed by atoms with E-state index in [-0.39, 0.29) is 5.91 Å². The Labute approximate surface area is 174 Å². The van der Waals surface area contributed by atoms with Crippen molar-refractivity contribution in [2.75, 3.05) is 11.9 Å². The maximum absolute atomic E-state index is 12.5. The molecule has 1 heterocycles. The Morgan fingerprint density at radius 2 is 1.77 bits per heavy atom. The van der Waals surface area contributed by atoms with Crippen LogP contribution >= 0.6 is 0 Å². The van der Waals surface area contributed by atoms with Crippen LogP contribution in [0.2, 0.25) is 0 Å². The van der Waals surface area contributed by atoms with E-state index in [1.54, 1.807) is 6.92 Å². The van der Waals surface area contributed by atoms with Gasteiger partial charge in [0.1, 0.15) is 11.5 Å². The average Bonchev–Trinajstić information content (AvgIpc) is 3.17. The van der Waals surface area contributed by atoms with E-state index in [9.17, 15) is 4.79 Å². The lowest BCUT2D eigenvalue weighted by atomic mass is 10.0. The van der Waals surface area contributed by atoms with Crippen molar-refractivity contribution in [2.24, 2.45) is 0 Å². The van der Waals surface area contributed by atoms with Crippen LogP contribution in [0.4, 0.5) is 5.82 Å². The molecule has 3 aromatic carbocycles. The summed E-state index contributed by atoms with van der Waals surface area (Å²) in [6.45, 7) is 4.30. The number of hydrogen-bond acceptors (Lipinski definition) is 4. The van der Waals surface area contributed by atoms with Gasteiger partial charge in [-0.15, -0.1) is 0 Å². The summed E-state index contributed by atoms with van der Waals surface area (Å²) >= 11 is 0. The Kier molecular flexibility index (Phi) is 5.66. The number of anilines is 1. The molecule has 1 unspecified atom stereocenters. The molecule has 30 heavy (non-hydrogen) atoms. The molecule has 0 aliphatic carbocycles. The number of aromatic nitrogens is 2. The van der Waals surface area contributed by atoms with Gasteiger partial charge in [-0.25, -0.2) is 0 Å². The van der Waals surface area contributed by atoms with E-state index in [1.165, 1.54) is 0 Å². The molecule has 0 saturated heterocycles. The number of nitrogens with one attached hydrogen (secondary N) is 2. The molecule has 0 fully saturated rings. The molecule has 0 spiro atoms. The Balaban J connectivity index is 1.51. The number of carbonyl (C=O) groups excluding carboxylic acids is 1. The maximum Gasteiger partial charge on any atom is 0.266 e. The van der Waals surface area contributed by atoms with Crippen LogP contribution < -0.4 is 14.8 Å². The third kappa shape index (κ3) is 4.27. The van der Waals surface area contributed by atoms with Crippen LogP contribution in [-0.4, -0.2) is 28.8 Å². The van der Waals surface area contributed by atoms with Crippen molar-refractivity contribution in [2.45, 2.75) is 20.0 Å². The molecular weight excluding hydrogens is 378 g/mol. The van der Waals surface area contributed by atoms with Crippen molar-refractivity contribution in [1.82, 2.24) is 10.2 Å². The molecule has 6 heteroatoms. The summed E-state index contributed by atoms with van der Waals surface area (Å²) in [6, 6.07) is 23.2. The van der Waals surface area contributed by atoms with Crippen molar-refractivity contribution in [3.63, 3.8) is 0 Å². The maximum atomic E-state index is 12.5. The lowest BCUT2D eigenvalue weighted by Crippen LogP contribution is -2.30. The molecule has 6 nitrogen and oxygen atoms in total. The van der Waals surface area contributed by atoms with Gasteiger partial charge in [0.2, 0.25) is 0 Å². The van der Waals surface area contributed by atoms with E-state index >= 15 is 0 Å². The van der Waals surface area contributed by atoms with Crippen LogP contribution in [0.15, 0.2) is 72.8 Å². The summed E-state index contributed by atoms with van der Waals surface area (Å²) in [5.41, 5.74) is 2.92. The lowest BCUT2D eigenvalue weighted by molar-refractivity contribution is -0.122. The number of aromatic amines is 1. The number of para-hydroxylation sites is 1. The minimum absolute atomic E-state index is 0.263. The predicted molar refractivity (Wildman–Crippen MR) is 118 cm³/mol. The Morgan fingerprint density at radius 3 is 2.57 bits per heavy atom. The van der Waals surface area contributed by atoms with Crippen molar-refractivity contribution < 1.29 is 14.3 Å². The molecular formula is C24H23N3O3. The van der Waals surface area contributed by atoms with Crippen LogP contribution in [0.1, 0.15) is 13.8 Å². The number of fused-ring (bicyclic) bond motifs is 1. The van der Waals surface area contributed by atoms with Crippen molar-refractivity contribution in [3.05, 3.63) is 72.8 Å². The number of amides is 1. The highest BCUT2D eigenvalue weighted by atomic mass is 16.5. The summed E-state index contributed by atoms with van der Waals surface area (Å²) in [6.07, 6.45) is -0.653. The third-order valence-electron chi connectivity index (χ3n) is 4.71. The fourth-order valence-corrected chi connectivity index (χ4v) is 3.20. The molecule has 0 bridgehead atoms. The SMILES string of the molecule is CCOc1cccc(-c2ccc3c(NC(=O)C(C)Oc4ccccc4)n[nH]c3c2)c1. The summed E-state index contributed by atoms with van der Waals surface area (Å²) < 4.78 is 11.3. The van der Waals surface area contributed by atoms with Gasteiger partial charge in [0.25, 0.3) is 5.91 Å². The van der Waals surface area contributed by atoms with E-state index in [1.807, 2.05) is 79.7 Å². The van der Waals surface area contributed by atoms with Gasteiger partial charge in [-0.3, -0.25) is 9.89 Å². The standard InChI is InChI=1S/C24H23N3O3/c1-3-29-20-11-7-8-17(14-20)18-12-13-21-22(15-18)26-27-23(21)25-24(28)16(2)30-19-9-5-4-6-10-19/h4-16H,3H2,1-2H3,(H2,25,26,27,28). The van der Waals surface area contributed by atoms with Gasteiger partial charge >= 0.3 is 0 Å². The Hall–Kier alpha value is -3.80. The number of nitrogens with zero attached hydrogens (tertiary/aromatic N) is 1. The zero-order chi connectivity index (χ0) is 20.9. The molecule has 1 amide bonds. The number of H-pyrrole nitrogens is 1. The smallest absolute Gasteiger partial charge is 0.266 e. The summed E-state index contributed by atoms with van der Waals surface area (Å²) in [4.78, 5) is 12.5. The second-order valence-corrected chi connectivity index (χ2v) is 6.86. The van der Waals surface area contributed by atoms with Gasteiger partial charge < -0.3 is 14.8 Å². The predicted octanol–water partition coefficient (Wildman–Crippen LogP) is 5.03. The zero-order valence-corrected chi connectivity index (χ0v) is 16.9. The molecule has 0 radical (unpaired) electrons. The normalized spacial score (nSPS) is 11.8. The quantitative estimate of drug-likeness (QED) is 0.455. The second-order valence-electron chi connectivity index (χ2n) is 6.86. The lowest BCUT2D eigenvalue weighted by Gasteiger charge is -2.13. The molecule has 0 aliphatic rings. The van der Waals surface area contributed by atoms with Crippen LogP contribution in [0.3, 0.4) is 0 Å². The first-order valence-electron chi connectivity index (χ1n) is 9.88. The van der Waals surface area contributed by atoms with Gasteiger partial charge in [-0.2, -0.15) is 5.10 Å². The first-order chi connectivity index (χ1) is 14.6. The summed E-state index contributed by atoms with van der Waals surface area (Å²) in [7, 11) is 0. The highest BCUT2D eigenvalue weighted by Gasteiger charge is 2.17. The van der Waals surface area contributed by atoms with Crippen molar-refractivity contribution in [1.29, 1.82) is 0 Å².